The Morgan fingerprint density at radius 1 is 1.31 bits per heavy atom. The van der Waals surface area contributed by atoms with Crippen molar-refractivity contribution in [1.29, 1.82) is 0 Å². The molecule has 78 valence electrons. The summed E-state index contributed by atoms with van der Waals surface area (Å²) in [6.45, 7) is 0.220. The van der Waals surface area contributed by atoms with E-state index in [1.54, 1.807) is 0 Å². The molecular formula is C5H12N2O4S2. The zero-order chi connectivity index (χ0) is 10.3. The largest absolute Gasteiger partial charge is 0.228 e. The zero-order valence-electron chi connectivity index (χ0n) is 7.17. The lowest BCUT2D eigenvalue weighted by Crippen LogP contribution is -2.33. The number of nitrogens with zero attached hydrogens (tertiary/aromatic N) is 1. The van der Waals surface area contributed by atoms with E-state index in [4.69, 9.17) is 5.14 Å². The van der Waals surface area contributed by atoms with Crippen LogP contribution in [0.15, 0.2) is 0 Å². The van der Waals surface area contributed by atoms with Crippen LogP contribution in [0.1, 0.15) is 6.42 Å². The molecule has 0 radical (unpaired) electrons. The normalized spacial score (nSPS) is 26.5. The molecular weight excluding hydrogens is 216 g/mol. The summed E-state index contributed by atoms with van der Waals surface area (Å²) in [5.41, 5.74) is 0. The number of hydrogen-bond acceptors (Lipinski definition) is 4. The van der Waals surface area contributed by atoms with Crippen LogP contribution in [0.3, 0.4) is 0 Å². The molecule has 1 aliphatic heterocycles. The fourth-order valence-corrected chi connectivity index (χ4v) is 3.07. The summed E-state index contributed by atoms with van der Waals surface area (Å²) in [7, 11) is -6.88. The SMILES string of the molecule is CS(=O)(=O)N1CCC(S(N)(=O)=O)C1. The van der Waals surface area contributed by atoms with Crippen molar-refractivity contribution in [2.45, 2.75) is 11.7 Å². The van der Waals surface area contributed by atoms with Gasteiger partial charge in [-0.15, -0.1) is 0 Å². The Labute approximate surface area is 77.8 Å². The molecule has 1 rings (SSSR count). The molecule has 0 aromatic carbocycles. The van der Waals surface area contributed by atoms with Crippen LogP contribution in [-0.4, -0.2) is 45.7 Å². The molecule has 1 atom stereocenters. The van der Waals surface area contributed by atoms with E-state index in [-0.39, 0.29) is 19.5 Å². The van der Waals surface area contributed by atoms with Crippen molar-refractivity contribution in [2.75, 3.05) is 19.3 Å². The van der Waals surface area contributed by atoms with Crippen molar-refractivity contribution in [3.8, 4) is 0 Å². The standard InChI is InChI=1S/C5H12N2O4S2/c1-12(8,9)7-3-2-5(4-7)13(6,10)11/h5H,2-4H2,1H3,(H2,6,10,11). The highest BCUT2D eigenvalue weighted by atomic mass is 32.2. The summed E-state index contributed by atoms with van der Waals surface area (Å²) < 4.78 is 44.8. The van der Waals surface area contributed by atoms with Crippen LogP contribution in [0.4, 0.5) is 0 Å². The minimum Gasteiger partial charge on any atom is -0.228 e. The van der Waals surface area contributed by atoms with Crippen molar-refractivity contribution < 1.29 is 16.8 Å². The van der Waals surface area contributed by atoms with Crippen molar-refractivity contribution in [3.05, 3.63) is 0 Å². The number of primary sulfonamides is 1. The maximum absolute atomic E-state index is 11.0. The lowest BCUT2D eigenvalue weighted by molar-refractivity contribution is 0.482. The number of nitrogens with two attached hydrogens (primary N) is 1. The highest BCUT2D eigenvalue weighted by molar-refractivity contribution is 7.90. The van der Waals surface area contributed by atoms with Crippen molar-refractivity contribution in [3.63, 3.8) is 0 Å². The van der Waals surface area contributed by atoms with Crippen LogP contribution in [-0.2, 0) is 20.0 Å². The average molecular weight is 228 g/mol. The Morgan fingerprint density at radius 3 is 2.08 bits per heavy atom. The van der Waals surface area contributed by atoms with Crippen LogP contribution in [0.25, 0.3) is 0 Å². The van der Waals surface area contributed by atoms with Gasteiger partial charge in [-0.2, -0.15) is 0 Å². The molecule has 0 aromatic heterocycles. The van der Waals surface area contributed by atoms with Gasteiger partial charge in [0.15, 0.2) is 0 Å². The number of hydrogen-bond donors (Lipinski definition) is 1. The molecule has 13 heavy (non-hydrogen) atoms. The molecule has 1 unspecified atom stereocenters. The summed E-state index contributed by atoms with van der Waals surface area (Å²) >= 11 is 0. The van der Waals surface area contributed by atoms with Gasteiger partial charge < -0.3 is 0 Å². The van der Waals surface area contributed by atoms with E-state index >= 15 is 0 Å². The lowest BCUT2D eigenvalue weighted by Gasteiger charge is -2.11. The Morgan fingerprint density at radius 2 is 1.85 bits per heavy atom. The molecule has 0 aliphatic carbocycles. The van der Waals surface area contributed by atoms with Crippen LogP contribution >= 0.6 is 0 Å². The molecule has 1 aliphatic rings. The molecule has 1 fully saturated rings. The van der Waals surface area contributed by atoms with Gasteiger partial charge in [0.05, 0.1) is 11.5 Å². The van der Waals surface area contributed by atoms with E-state index in [1.165, 1.54) is 0 Å². The van der Waals surface area contributed by atoms with Crippen molar-refractivity contribution in [2.24, 2.45) is 5.14 Å². The number of rotatable bonds is 2. The van der Waals surface area contributed by atoms with Gasteiger partial charge in [-0.1, -0.05) is 0 Å². The predicted molar refractivity (Wildman–Crippen MR) is 47.9 cm³/mol. The van der Waals surface area contributed by atoms with Crippen LogP contribution in [0.5, 0.6) is 0 Å². The Hall–Kier alpha value is -0.180. The Bertz CT molecular complexity index is 347. The third kappa shape index (κ3) is 2.63. The molecule has 0 aromatic rings. The van der Waals surface area contributed by atoms with Gasteiger partial charge in [-0.25, -0.2) is 26.3 Å². The first-order chi connectivity index (χ1) is 5.71. The quantitative estimate of drug-likeness (QED) is 0.609. The molecule has 0 saturated carbocycles. The third-order valence-electron chi connectivity index (χ3n) is 2.04. The molecule has 1 saturated heterocycles. The first kappa shape index (κ1) is 10.9. The highest BCUT2D eigenvalue weighted by Crippen LogP contribution is 2.16. The van der Waals surface area contributed by atoms with Gasteiger partial charge in [0.25, 0.3) is 0 Å². The van der Waals surface area contributed by atoms with Gasteiger partial charge in [0.2, 0.25) is 20.0 Å². The fraction of sp³-hybridized carbons (Fsp3) is 1.00. The van der Waals surface area contributed by atoms with Gasteiger partial charge in [0.1, 0.15) is 0 Å². The van der Waals surface area contributed by atoms with E-state index in [1.807, 2.05) is 0 Å². The minimum absolute atomic E-state index is 0.0162. The summed E-state index contributed by atoms with van der Waals surface area (Å²) in [5.74, 6) is 0. The van der Waals surface area contributed by atoms with Gasteiger partial charge >= 0.3 is 0 Å². The fourth-order valence-electron chi connectivity index (χ4n) is 1.27. The second kappa shape index (κ2) is 3.19. The molecule has 0 bridgehead atoms. The number of sulfonamides is 2. The van der Waals surface area contributed by atoms with E-state index in [9.17, 15) is 16.8 Å². The molecule has 6 nitrogen and oxygen atoms in total. The summed E-state index contributed by atoms with van der Waals surface area (Å²) in [6.07, 6.45) is 1.34. The van der Waals surface area contributed by atoms with Crippen LogP contribution < -0.4 is 5.14 Å². The Balaban J connectivity index is 2.77. The molecule has 2 N–H and O–H groups in total. The maximum Gasteiger partial charge on any atom is 0.213 e. The van der Waals surface area contributed by atoms with Gasteiger partial charge in [-0.05, 0) is 6.42 Å². The molecule has 8 heteroatoms. The maximum atomic E-state index is 11.0. The topological polar surface area (TPSA) is 97.5 Å². The second-order valence-corrected chi connectivity index (χ2v) is 6.95. The zero-order valence-corrected chi connectivity index (χ0v) is 8.81. The summed E-state index contributed by atoms with van der Waals surface area (Å²) in [6, 6.07) is 0. The second-order valence-electron chi connectivity index (χ2n) is 3.12. The van der Waals surface area contributed by atoms with Crippen molar-refractivity contribution in [1.82, 2.24) is 4.31 Å². The molecule has 1 heterocycles. The predicted octanol–water partition coefficient (Wildman–Crippen LogP) is -1.69. The minimum atomic E-state index is -3.60. The van der Waals surface area contributed by atoms with Crippen LogP contribution in [0.2, 0.25) is 0 Å². The smallest absolute Gasteiger partial charge is 0.213 e. The van der Waals surface area contributed by atoms with E-state index in [0.29, 0.717) is 0 Å². The van der Waals surface area contributed by atoms with Crippen LogP contribution in [0, 0.1) is 0 Å². The molecule has 0 amide bonds. The summed E-state index contributed by atoms with van der Waals surface area (Å²) in [4.78, 5) is 0. The van der Waals surface area contributed by atoms with Gasteiger partial charge in [-0.3, -0.25) is 0 Å². The summed E-state index contributed by atoms with van der Waals surface area (Å²) in [5, 5.41) is 4.15. The molecule has 0 spiro atoms. The van der Waals surface area contributed by atoms with Crippen molar-refractivity contribution >= 4 is 20.0 Å². The Kier molecular flexibility index (Phi) is 2.68. The highest BCUT2D eigenvalue weighted by Gasteiger charge is 2.34. The van der Waals surface area contributed by atoms with Gasteiger partial charge in [0, 0.05) is 13.1 Å². The monoisotopic (exact) mass is 228 g/mol. The third-order valence-corrected chi connectivity index (χ3v) is 4.63. The average Bonchev–Trinajstić information content (AvgIpc) is 2.28. The first-order valence-electron chi connectivity index (χ1n) is 3.68. The van der Waals surface area contributed by atoms with E-state index in [2.05, 4.69) is 0 Å². The first-order valence-corrected chi connectivity index (χ1v) is 7.14. The van der Waals surface area contributed by atoms with E-state index < -0.39 is 25.3 Å². The van der Waals surface area contributed by atoms with E-state index in [0.717, 1.165) is 10.6 Å². The lowest BCUT2D eigenvalue weighted by atomic mass is 10.4.